The maximum Gasteiger partial charge on any atom is 0.0688 e. The molecular formula is C6H13NO. The number of ether oxygens (including phenoxy) is 1. The van der Waals surface area contributed by atoms with Crippen molar-refractivity contribution >= 4 is 0 Å². The maximum atomic E-state index is 5.43. The van der Waals surface area contributed by atoms with Crippen LogP contribution >= 0.6 is 0 Å². The highest BCUT2D eigenvalue weighted by atomic mass is 16.5. The molecule has 1 atom stereocenters. The molecule has 1 fully saturated rings. The van der Waals surface area contributed by atoms with Crippen LogP contribution < -0.4 is 5.73 Å². The third-order valence-electron chi connectivity index (χ3n) is 1.92. The zero-order valence-electron chi connectivity index (χ0n) is 5.48. The highest BCUT2D eigenvalue weighted by Crippen LogP contribution is 2.30. The molecule has 1 saturated heterocycles. The molecule has 0 amide bonds. The predicted molar refractivity (Wildman–Crippen MR) is 32.6 cm³/mol. The van der Waals surface area contributed by atoms with E-state index in [2.05, 4.69) is 13.8 Å². The van der Waals surface area contributed by atoms with E-state index < -0.39 is 0 Å². The summed E-state index contributed by atoms with van der Waals surface area (Å²) in [7, 11) is 0. The van der Waals surface area contributed by atoms with Gasteiger partial charge in [0, 0.05) is 12.5 Å². The van der Waals surface area contributed by atoms with Gasteiger partial charge in [0.15, 0.2) is 0 Å². The summed E-state index contributed by atoms with van der Waals surface area (Å²) in [6.45, 7) is 5.76. The normalized spacial score (nSPS) is 34.1. The summed E-state index contributed by atoms with van der Waals surface area (Å²) in [5, 5.41) is 0. The zero-order valence-corrected chi connectivity index (χ0v) is 5.48. The lowest BCUT2D eigenvalue weighted by molar-refractivity contribution is -0.176. The van der Waals surface area contributed by atoms with Gasteiger partial charge in [-0.1, -0.05) is 0 Å². The standard InChI is InChI=1S/C6H13NO/c1-6(2)5(3-7)4-8-6/h5H,3-4,7H2,1-2H3/t5-/m0/s1. The van der Waals surface area contributed by atoms with E-state index in [1.165, 1.54) is 0 Å². The van der Waals surface area contributed by atoms with E-state index in [1.807, 2.05) is 0 Å². The van der Waals surface area contributed by atoms with Crippen molar-refractivity contribution in [2.75, 3.05) is 13.2 Å². The van der Waals surface area contributed by atoms with Crippen LogP contribution in [-0.4, -0.2) is 18.8 Å². The lowest BCUT2D eigenvalue weighted by Gasteiger charge is -2.43. The Morgan fingerprint density at radius 2 is 2.38 bits per heavy atom. The summed E-state index contributed by atoms with van der Waals surface area (Å²) < 4.78 is 5.24. The van der Waals surface area contributed by atoms with Crippen LogP contribution in [0.4, 0.5) is 0 Å². The van der Waals surface area contributed by atoms with Gasteiger partial charge in [-0.05, 0) is 13.8 Å². The van der Waals surface area contributed by atoms with Gasteiger partial charge in [0.05, 0.1) is 12.2 Å². The van der Waals surface area contributed by atoms with Crippen molar-refractivity contribution in [1.82, 2.24) is 0 Å². The van der Waals surface area contributed by atoms with Crippen molar-refractivity contribution in [3.63, 3.8) is 0 Å². The average Bonchev–Trinajstić information content (AvgIpc) is 1.66. The van der Waals surface area contributed by atoms with Crippen molar-refractivity contribution < 1.29 is 4.74 Å². The number of rotatable bonds is 1. The maximum absolute atomic E-state index is 5.43. The Morgan fingerprint density at radius 3 is 2.38 bits per heavy atom. The number of hydrogen-bond acceptors (Lipinski definition) is 2. The second-order valence-corrected chi connectivity index (χ2v) is 2.85. The van der Waals surface area contributed by atoms with Gasteiger partial charge < -0.3 is 10.5 Å². The molecule has 1 rings (SSSR count). The number of nitrogens with two attached hydrogens (primary N) is 1. The molecule has 0 spiro atoms. The Kier molecular flexibility index (Phi) is 1.29. The van der Waals surface area contributed by atoms with Crippen molar-refractivity contribution in [2.45, 2.75) is 19.4 Å². The van der Waals surface area contributed by atoms with Gasteiger partial charge in [-0.3, -0.25) is 0 Å². The van der Waals surface area contributed by atoms with Crippen LogP contribution in [0.2, 0.25) is 0 Å². The Bertz CT molecular complexity index is 88.5. The van der Waals surface area contributed by atoms with E-state index in [-0.39, 0.29) is 5.60 Å². The summed E-state index contributed by atoms with van der Waals surface area (Å²) in [5.74, 6) is 0.586. The molecule has 0 aromatic heterocycles. The molecule has 1 heterocycles. The summed E-state index contributed by atoms with van der Waals surface area (Å²) in [6.07, 6.45) is 0. The van der Waals surface area contributed by atoms with Gasteiger partial charge in [-0.15, -0.1) is 0 Å². The van der Waals surface area contributed by atoms with Gasteiger partial charge in [0.25, 0.3) is 0 Å². The van der Waals surface area contributed by atoms with E-state index in [1.54, 1.807) is 0 Å². The van der Waals surface area contributed by atoms with Gasteiger partial charge in [-0.25, -0.2) is 0 Å². The fourth-order valence-electron chi connectivity index (χ4n) is 0.886. The van der Waals surface area contributed by atoms with Crippen molar-refractivity contribution in [3.8, 4) is 0 Å². The second-order valence-electron chi connectivity index (χ2n) is 2.85. The van der Waals surface area contributed by atoms with Gasteiger partial charge >= 0.3 is 0 Å². The summed E-state index contributed by atoms with van der Waals surface area (Å²) in [5.41, 5.74) is 5.49. The quantitative estimate of drug-likeness (QED) is 0.536. The Morgan fingerprint density at radius 1 is 1.75 bits per heavy atom. The van der Waals surface area contributed by atoms with E-state index in [0.717, 1.165) is 13.2 Å². The van der Waals surface area contributed by atoms with Crippen LogP contribution in [0.1, 0.15) is 13.8 Å². The SMILES string of the molecule is CC1(C)OC[C@@H]1CN. The first kappa shape index (κ1) is 6.05. The molecule has 1 aliphatic heterocycles. The average molecular weight is 115 g/mol. The number of hydrogen-bond donors (Lipinski definition) is 1. The van der Waals surface area contributed by atoms with Crippen molar-refractivity contribution in [3.05, 3.63) is 0 Å². The Hall–Kier alpha value is -0.0800. The molecule has 1 aliphatic rings. The molecule has 8 heavy (non-hydrogen) atoms. The smallest absolute Gasteiger partial charge is 0.0688 e. The molecular weight excluding hydrogens is 102 g/mol. The molecule has 2 nitrogen and oxygen atoms in total. The monoisotopic (exact) mass is 115 g/mol. The highest BCUT2D eigenvalue weighted by molar-refractivity contribution is 4.87. The molecule has 2 N–H and O–H groups in total. The molecule has 48 valence electrons. The fourth-order valence-corrected chi connectivity index (χ4v) is 0.886. The predicted octanol–water partition coefficient (Wildman–Crippen LogP) is 0.370. The van der Waals surface area contributed by atoms with Gasteiger partial charge in [0.1, 0.15) is 0 Å². The van der Waals surface area contributed by atoms with Crippen LogP contribution in [0.3, 0.4) is 0 Å². The fraction of sp³-hybridized carbons (Fsp3) is 1.00. The Balaban J connectivity index is 2.37. The minimum Gasteiger partial charge on any atom is -0.375 e. The first-order valence-corrected chi connectivity index (χ1v) is 3.01. The molecule has 0 unspecified atom stereocenters. The van der Waals surface area contributed by atoms with Crippen LogP contribution in [0, 0.1) is 5.92 Å². The van der Waals surface area contributed by atoms with E-state index in [4.69, 9.17) is 10.5 Å². The van der Waals surface area contributed by atoms with Crippen LogP contribution in [0.15, 0.2) is 0 Å². The first-order valence-electron chi connectivity index (χ1n) is 3.01. The first-order chi connectivity index (χ1) is 3.67. The molecule has 0 radical (unpaired) electrons. The lowest BCUT2D eigenvalue weighted by atomic mass is 9.86. The topological polar surface area (TPSA) is 35.2 Å². The van der Waals surface area contributed by atoms with E-state index >= 15 is 0 Å². The van der Waals surface area contributed by atoms with E-state index in [9.17, 15) is 0 Å². The summed E-state index contributed by atoms with van der Waals surface area (Å²) in [6, 6.07) is 0. The minimum absolute atomic E-state index is 0.0642. The van der Waals surface area contributed by atoms with Gasteiger partial charge in [-0.2, -0.15) is 0 Å². The van der Waals surface area contributed by atoms with Crippen LogP contribution in [0.5, 0.6) is 0 Å². The molecule has 2 heteroatoms. The zero-order chi connectivity index (χ0) is 6.20. The Labute approximate surface area is 50.0 Å². The molecule has 0 aromatic rings. The second kappa shape index (κ2) is 1.71. The van der Waals surface area contributed by atoms with Crippen molar-refractivity contribution in [2.24, 2.45) is 11.7 Å². The van der Waals surface area contributed by atoms with Crippen LogP contribution in [0.25, 0.3) is 0 Å². The highest BCUT2D eigenvalue weighted by Gasteiger charge is 2.38. The lowest BCUT2D eigenvalue weighted by Crippen LogP contribution is -2.52. The minimum atomic E-state index is 0.0642. The molecule has 0 bridgehead atoms. The van der Waals surface area contributed by atoms with Crippen molar-refractivity contribution in [1.29, 1.82) is 0 Å². The molecule has 0 aliphatic carbocycles. The van der Waals surface area contributed by atoms with Crippen LogP contribution in [-0.2, 0) is 4.74 Å². The van der Waals surface area contributed by atoms with E-state index in [0.29, 0.717) is 5.92 Å². The molecule has 0 aromatic carbocycles. The summed E-state index contributed by atoms with van der Waals surface area (Å²) in [4.78, 5) is 0. The molecule has 0 saturated carbocycles. The third-order valence-corrected chi connectivity index (χ3v) is 1.92. The largest absolute Gasteiger partial charge is 0.375 e. The summed E-state index contributed by atoms with van der Waals surface area (Å²) >= 11 is 0. The van der Waals surface area contributed by atoms with Gasteiger partial charge in [0.2, 0.25) is 0 Å². The third kappa shape index (κ3) is 0.740.